The highest BCUT2D eigenvalue weighted by atomic mass is 16.5. The molecule has 1 N–H and O–H groups in total. The Kier molecular flexibility index (Phi) is 6.75. The highest BCUT2D eigenvalue weighted by Crippen LogP contribution is 2.34. The van der Waals surface area contributed by atoms with Crippen LogP contribution in [0, 0.1) is 5.92 Å². The summed E-state index contributed by atoms with van der Waals surface area (Å²) in [6.07, 6.45) is 2.39. The van der Waals surface area contributed by atoms with Crippen LogP contribution < -0.4 is 19.7 Å². The molecule has 6 nitrogen and oxygen atoms in total. The summed E-state index contributed by atoms with van der Waals surface area (Å²) in [5.74, 6) is 1.78. The van der Waals surface area contributed by atoms with Crippen molar-refractivity contribution in [1.82, 2.24) is 0 Å². The van der Waals surface area contributed by atoms with Crippen molar-refractivity contribution in [1.29, 1.82) is 0 Å². The van der Waals surface area contributed by atoms with E-state index in [0.29, 0.717) is 42.5 Å². The Bertz CT molecular complexity index is 862. The molecule has 0 unspecified atom stereocenters. The molecular formula is C23H28N2O4. The third kappa shape index (κ3) is 5.28. The van der Waals surface area contributed by atoms with Gasteiger partial charge in [0.15, 0.2) is 0 Å². The number of carbonyl (C=O) groups is 2. The zero-order valence-electron chi connectivity index (χ0n) is 17.2. The number of hydrogen-bond acceptors (Lipinski definition) is 4. The Balaban J connectivity index is 1.65. The van der Waals surface area contributed by atoms with Crippen molar-refractivity contribution in [3.8, 4) is 11.5 Å². The minimum atomic E-state index is -0.217. The van der Waals surface area contributed by atoms with Crippen LogP contribution >= 0.6 is 0 Å². The van der Waals surface area contributed by atoms with Gasteiger partial charge >= 0.3 is 0 Å². The molecule has 0 bridgehead atoms. The fourth-order valence-corrected chi connectivity index (χ4v) is 3.20. The van der Waals surface area contributed by atoms with Crippen molar-refractivity contribution >= 4 is 23.2 Å². The number of methoxy groups -OCH3 is 1. The second kappa shape index (κ2) is 9.45. The Morgan fingerprint density at radius 1 is 1.17 bits per heavy atom. The van der Waals surface area contributed by atoms with Crippen LogP contribution in [0.1, 0.15) is 43.5 Å². The first-order valence-electron chi connectivity index (χ1n) is 10.0. The van der Waals surface area contributed by atoms with Crippen molar-refractivity contribution in [3.63, 3.8) is 0 Å². The maximum absolute atomic E-state index is 12.6. The van der Waals surface area contributed by atoms with Crippen LogP contribution in [0.25, 0.3) is 0 Å². The van der Waals surface area contributed by atoms with Crippen LogP contribution in [0.3, 0.4) is 0 Å². The number of ether oxygens (including phenoxy) is 2. The van der Waals surface area contributed by atoms with Gasteiger partial charge in [-0.25, -0.2) is 0 Å². The molecule has 1 heterocycles. The normalized spacial score (nSPS) is 13.7. The molecule has 0 aliphatic carbocycles. The second-order valence-corrected chi connectivity index (χ2v) is 7.55. The Hall–Kier alpha value is -3.02. The van der Waals surface area contributed by atoms with E-state index in [1.54, 1.807) is 48.4 Å². The smallest absolute Gasteiger partial charge is 0.255 e. The van der Waals surface area contributed by atoms with Crippen LogP contribution in [0.2, 0.25) is 0 Å². The van der Waals surface area contributed by atoms with Gasteiger partial charge < -0.3 is 19.7 Å². The van der Waals surface area contributed by atoms with Crippen molar-refractivity contribution in [2.45, 2.75) is 33.1 Å². The van der Waals surface area contributed by atoms with E-state index in [1.807, 2.05) is 6.07 Å². The van der Waals surface area contributed by atoms with Gasteiger partial charge in [-0.1, -0.05) is 13.8 Å². The zero-order valence-corrected chi connectivity index (χ0v) is 17.2. The van der Waals surface area contributed by atoms with Gasteiger partial charge in [-0.3, -0.25) is 9.59 Å². The maximum atomic E-state index is 12.6. The number of rotatable bonds is 8. The van der Waals surface area contributed by atoms with E-state index in [1.165, 1.54) is 0 Å². The van der Waals surface area contributed by atoms with Gasteiger partial charge in [-0.15, -0.1) is 0 Å². The van der Waals surface area contributed by atoms with Crippen molar-refractivity contribution in [2.24, 2.45) is 5.92 Å². The average molecular weight is 396 g/mol. The van der Waals surface area contributed by atoms with E-state index in [9.17, 15) is 9.59 Å². The van der Waals surface area contributed by atoms with Crippen LogP contribution in [-0.4, -0.2) is 32.1 Å². The van der Waals surface area contributed by atoms with Crippen LogP contribution in [0.4, 0.5) is 11.4 Å². The first kappa shape index (κ1) is 20.7. The summed E-state index contributed by atoms with van der Waals surface area (Å²) in [5.41, 5.74) is 1.88. The summed E-state index contributed by atoms with van der Waals surface area (Å²) in [4.78, 5) is 26.3. The second-order valence-electron chi connectivity index (χ2n) is 7.55. The Morgan fingerprint density at radius 2 is 1.93 bits per heavy atom. The highest BCUT2D eigenvalue weighted by molar-refractivity contribution is 6.05. The lowest BCUT2D eigenvalue weighted by Crippen LogP contribution is -2.24. The van der Waals surface area contributed by atoms with Crippen LogP contribution in [0.15, 0.2) is 42.5 Å². The van der Waals surface area contributed by atoms with Gasteiger partial charge in [0.25, 0.3) is 5.91 Å². The first-order valence-corrected chi connectivity index (χ1v) is 10.0. The molecule has 1 aliphatic rings. The summed E-state index contributed by atoms with van der Waals surface area (Å²) in [5, 5.41) is 2.88. The molecule has 1 saturated heterocycles. The highest BCUT2D eigenvalue weighted by Gasteiger charge is 2.24. The molecule has 0 spiro atoms. The molecule has 6 heteroatoms. The number of hydrogen-bond donors (Lipinski definition) is 1. The number of benzene rings is 2. The van der Waals surface area contributed by atoms with Crippen molar-refractivity contribution < 1.29 is 19.1 Å². The van der Waals surface area contributed by atoms with Gasteiger partial charge in [0.2, 0.25) is 5.91 Å². The molecule has 29 heavy (non-hydrogen) atoms. The van der Waals surface area contributed by atoms with E-state index in [2.05, 4.69) is 19.2 Å². The van der Waals surface area contributed by atoms with E-state index in [4.69, 9.17) is 9.47 Å². The molecule has 1 fully saturated rings. The van der Waals surface area contributed by atoms with Crippen molar-refractivity contribution in [2.75, 3.05) is 30.5 Å². The lowest BCUT2D eigenvalue weighted by molar-refractivity contribution is -0.117. The minimum absolute atomic E-state index is 0.0933. The topological polar surface area (TPSA) is 67.9 Å². The molecular weight excluding hydrogens is 368 g/mol. The molecule has 1 aliphatic heterocycles. The van der Waals surface area contributed by atoms with Gasteiger partial charge in [-0.05, 0) is 55.2 Å². The van der Waals surface area contributed by atoms with E-state index in [-0.39, 0.29) is 11.8 Å². The maximum Gasteiger partial charge on any atom is 0.255 e. The molecule has 0 saturated carbocycles. The van der Waals surface area contributed by atoms with E-state index < -0.39 is 0 Å². The molecule has 0 aromatic heterocycles. The molecule has 154 valence electrons. The number of nitrogens with zero attached hydrogens (tertiary/aromatic N) is 1. The molecule has 0 atom stereocenters. The molecule has 2 amide bonds. The quantitative estimate of drug-likeness (QED) is 0.713. The number of carbonyl (C=O) groups excluding carboxylic acids is 2. The summed E-state index contributed by atoms with van der Waals surface area (Å²) in [7, 11) is 1.56. The number of nitrogens with one attached hydrogen (secondary N) is 1. The predicted octanol–water partition coefficient (Wildman–Crippen LogP) is 4.50. The lowest BCUT2D eigenvalue weighted by Gasteiger charge is -2.19. The first-order chi connectivity index (χ1) is 14.0. The average Bonchev–Trinajstić information content (AvgIpc) is 3.13. The largest absolute Gasteiger partial charge is 0.494 e. The number of anilines is 2. The predicted molar refractivity (Wildman–Crippen MR) is 114 cm³/mol. The SMILES string of the molecule is COc1cc(NC(=O)c2ccc(OCCC(C)C)cc2)ccc1N1CCCC1=O. The Morgan fingerprint density at radius 3 is 2.55 bits per heavy atom. The monoisotopic (exact) mass is 396 g/mol. The molecule has 2 aromatic carbocycles. The number of amides is 2. The van der Waals surface area contributed by atoms with E-state index in [0.717, 1.165) is 24.3 Å². The standard InChI is InChI=1S/C23H28N2O4/c1-16(2)12-14-29-19-9-6-17(7-10-19)23(27)24-18-8-11-20(21(15-18)28-3)25-13-4-5-22(25)26/h6-11,15-16H,4-5,12-14H2,1-3H3,(H,24,27). The van der Waals surface area contributed by atoms with Crippen LogP contribution in [0.5, 0.6) is 11.5 Å². The third-order valence-corrected chi connectivity index (χ3v) is 4.88. The third-order valence-electron chi connectivity index (χ3n) is 4.88. The fraction of sp³-hybridized carbons (Fsp3) is 0.391. The summed E-state index contributed by atoms with van der Waals surface area (Å²) in [6, 6.07) is 12.4. The minimum Gasteiger partial charge on any atom is -0.494 e. The Labute approximate surface area is 171 Å². The van der Waals surface area contributed by atoms with Gasteiger partial charge in [-0.2, -0.15) is 0 Å². The van der Waals surface area contributed by atoms with Gasteiger partial charge in [0, 0.05) is 30.3 Å². The summed E-state index contributed by atoms with van der Waals surface area (Å²) < 4.78 is 11.1. The van der Waals surface area contributed by atoms with Gasteiger partial charge in [0.1, 0.15) is 11.5 Å². The van der Waals surface area contributed by atoms with Gasteiger partial charge in [0.05, 0.1) is 19.4 Å². The molecule has 3 rings (SSSR count). The molecule has 2 aromatic rings. The zero-order chi connectivity index (χ0) is 20.8. The summed E-state index contributed by atoms with van der Waals surface area (Å²) in [6.45, 7) is 5.66. The molecule has 0 radical (unpaired) electrons. The fourth-order valence-electron chi connectivity index (χ4n) is 3.20. The van der Waals surface area contributed by atoms with E-state index >= 15 is 0 Å². The van der Waals surface area contributed by atoms with Crippen molar-refractivity contribution in [3.05, 3.63) is 48.0 Å². The van der Waals surface area contributed by atoms with Crippen LogP contribution in [-0.2, 0) is 4.79 Å². The summed E-state index contributed by atoms with van der Waals surface area (Å²) >= 11 is 0. The lowest BCUT2D eigenvalue weighted by atomic mass is 10.1.